The van der Waals surface area contributed by atoms with Crippen molar-refractivity contribution in [2.45, 2.75) is 11.3 Å². The molecule has 0 aliphatic heterocycles. The molecule has 0 aliphatic rings. The van der Waals surface area contributed by atoms with E-state index >= 15 is 0 Å². The van der Waals surface area contributed by atoms with Crippen LogP contribution in [-0.4, -0.2) is 17.9 Å². The Balaban J connectivity index is 2.96. The number of carbonyl (C=O) groups excluding carboxylic acids is 1. The van der Waals surface area contributed by atoms with Gasteiger partial charge in [0.25, 0.3) is 0 Å². The summed E-state index contributed by atoms with van der Waals surface area (Å²) in [4.78, 5) is 12.4. The number of thioether (sulfide) groups is 1. The van der Waals surface area contributed by atoms with E-state index < -0.39 is 0 Å². The second-order valence-electron chi connectivity index (χ2n) is 2.78. The van der Waals surface area contributed by atoms with Gasteiger partial charge in [0.15, 0.2) is 5.78 Å². The second-order valence-corrected chi connectivity index (χ2v) is 5.03. The summed E-state index contributed by atoms with van der Waals surface area (Å²) < 4.78 is 1.19. The van der Waals surface area contributed by atoms with Gasteiger partial charge in [-0.3, -0.25) is 4.79 Å². The number of carbonyl (C=O) groups is 1. The summed E-state index contributed by atoms with van der Waals surface area (Å²) in [7, 11) is 0. The first-order valence-electron chi connectivity index (χ1n) is 4.08. The summed E-state index contributed by atoms with van der Waals surface area (Å²) in [6.07, 6.45) is 2.46. The van der Waals surface area contributed by atoms with Crippen molar-refractivity contribution in [2.75, 3.05) is 12.1 Å². The van der Waals surface area contributed by atoms with Crippen LogP contribution in [0.2, 0.25) is 0 Å². The number of rotatable bonds is 4. The fourth-order valence-corrected chi connectivity index (χ4v) is 3.16. The van der Waals surface area contributed by atoms with Gasteiger partial charge in [-0.2, -0.15) is 0 Å². The molecular formula is C10H10ClIOS. The smallest absolute Gasteiger partial charge is 0.151 e. The highest BCUT2D eigenvalue weighted by Crippen LogP contribution is 2.26. The third-order valence-corrected chi connectivity index (χ3v) is 4.24. The normalized spacial score (nSPS) is 10.2. The van der Waals surface area contributed by atoms with Crippen LogP contribution in [0.3, 0.4) is 0 Å². The topological polar surface area (TPSA) is 17.1 Å². The van der Waals surface area contributed by atoms with E-state index in [1.807, 2.05) is 24.5 Å². The Morgan fingerprint density at radius 2 is 2.29 bits per heavy atom. The highest BCUT2D eigenvalue weighted by molar-refractivity contribution is 14.1. The zero-order chi connectivity index (χ0) is 10.6. The standard InChI is InChI=1S/C10H10ClIOS/c1-14-10-7(5-8(13)6-11)3-2-4-9(10)12/h2-4H,5-6H2,1H3. The predicted molar refractivity (Wildman–Crippen MR) is 70.4 cm³/mol. The second kappa shape index (κ2) is 5.98. The molecule has 0 saturated carbocycles. The Hall–Kier alpha value is 0.260. The molecule has 0 N–H and O–H groups in total. The molecule has 4 heteroatoms. The summed E-state index contributed by atoms with van der Waals surface area (Å²) in [5.41, 5.74) is 1.08. The largest absolute Gasteiger partial charge is 0.298 e. The van der Waals surface area contributed by atoms with Crippen molar-refractivity contribution in [2.24, 2.45) is 0 Å². The third kappa shape index (κ3) is 3.14. The fourth-order valence-electron chi connectivity index (χ4n) is 1.18. The molecule has 1 nitrogen and oxygen atoms in total. The van der Waals surface area contributed by atoms with Crippen molar-refractivity contribution >= 4 is 51.7 Å². The molecule has 1 rings (SSSR count). The van der Waals surface area contributed by atoms with E-state index in [-0.39, 0.29) is 11.7 Å². The molecule has 0 radical (unpaired) electrons. The van der Waals surface area contributed by atoms with E-state index in [2.05, 4.69) is 22.6 Å². The highest BCUT2D eigenvalue weighted by Gasteiger charge is 2.08. The van der Waals surface area contributed by atoms with Gasteiger partial charge >= 0.3 is 0 Å². The molecule has 1 aromatic carbocycles. The first kappa shape index (κ1) is 12.3. The molecule has 0 fully saturated rings. The molecule has 0 saturated heterocycles. The molecule has 14 heavy (non-hydrogen) atoms. The maximum atomic E-state index is 11.2. The predicted octanol–water partition coefficient (Wildman–Crippen LogP) is 3.36. The maximum Gasteiger partial charge on any atom is 0.151 e. The lowest BCUT2D eigenvalue weighted by Crippen LogP contribution is -2.05. The van der Waals surface area contributed by atoms with Crippen LogP contribution >= 0.6 is 46.0 Å². The Morgan fingerprint density at radius 1 is 1.57 bits per heavy atom. The van der Waals surface area contributed by atoms with Crippen LogP contribution in [0.25, 0.3) is 0 Å². The fraction of sp³-hybridized carbons (Fsp3) is 0.300. The van der Waals surface area contributed by atoms with Gasteiger partial charge in [0, 0.05) is 14.9 Å². The van der Waals surface area contributed by atoms with E-state index in [9.17, 15) is 4.79 Å². The van der Waals surface area contributed by atoms with Crippen LogP contribution in [0.15, 0.2) is 23.1 Å². The number of alkyl halides is 1. The quantitative estimate of drug-likeness (QED) is 0.475. The molecule has 0 atom stereocenters. The summed E-state index contributed by atoms with van der Waals surface area (Å²) >= 11 is 9.43. The van der Waals surface area contributed by atoms with Gasteiger partial charge in [0.05, 0.1) is 5.88 Å². The number of hydrogen-bond donors (Lipinski definition) is 0. The van der Waals surface area contributed by atoms with Gasteiger partial charge in [-0.25, -0.2) is 0 Å². The van der Waals surface area contributed by atoms with Crippen LogP contribution < -0.4 is 0 Å². The molecule has 0 bridgehead atoms. The van der Waals surface area contributed by atoms with Gasteiger partial charge in [-0.15, -0.1) is 23.4 Å². The van der Waals surface area contributed by atoms with Crippen molar-refractivity contribution in [3.05, 3.63) is 27.3 Å². The van der Waals surface area contributed by atoms with Crippen LogP contribution in [0.5, 0.6) is 0 Å². The van der Waals surface area contributed by atoms with E-state index in [4.69, 9.17) is 11.6 Å². The Kier molecular flexibility index (Phi) is 5.26. The summed E-state index contributed by atoms with van der Waals surface area (Å²) in [5.74, 6) is 0.170. The average Bonchev–Trinajstić information content (AvgIpc) is 2.18. The SMILES string of the molecule is CSc1c(I)cccc1CC(=O)CCl. The van der Waals surface area contributed by atoms with Gasteiger partial charge in [-0.05, 0) is 40.5 Å². The maximum absolute atomic E-state index is 11.2. The van der Waals surface area contributed by atoms with Crippen LogP contribution in [-0.2, 0) is 11.2 Å². The van der Waals surface area contributed by atoms with Crippen LogP contribution in [0.1, 0.15) is 5.56 Å². The molecule has 0 amide bonds. The molecule has 0 heterocycles. The monoisotopic (exact) mass is 340 g/mol. The minimum Gasteiger partial charge on any atom is -0.298 e. The van der Waals surface area contributed by atoms with Crippen molar-refractivity contribution in [1.82, 2.24) is 0 Å². The van der Waals surface area contributed by atoms with Crippen LogP contribution in [0.4, 0.5) is 0 Å². The lowest BCUT2D eigenvalue weighted by molar-refractivity contribution is -0.116. The Bertz CT molecular complexity index is 341. The first-order valence-corrected chi connectivity index (χ1v) is 6.92. The minimum absolute atomic E-state index is 0.0731. The Morgan fingerprint density at radius 3 is 2.86 bits per heavy atom. The van der Waals surface area contributed by atoms with Gasteiger partial charge < -0.3 is 0 Å². The van der Waals surface area contributed by atoms with Gasteiger partial charge in [-0.1, -0.05) is 12.1 Å². The summed E-state index contributed by atoms with van der Waals surface area (Å²) in [6.45, 7) is 0. The third-order valence-electron chi connectivity index (χ3n) is 1.79. The Labute approximate surface area is 107 Å². The molecule has 76 valence electrons. The van der Waals surface area contributed by atoms with Crippen LogP contribution in [0, 0.1) is 3.57 Å². The zero-order valence-electron chi connectivity index (χ0n) is 7.72. The van der Waals surface area contributed by atoms with Crippen molar-refractivity contribution in [3.63, 3.8) is 0 Å². The number of benzene rings is 1. The lowest BCUT2D eigenvalue weighted by Gasteiger charge is -2.07. The minimum atomic E-state index is 0.0731. The van der Waals surface area contributed by atoms with Gasteiger partial charge in [0.1, 0.15) is 0 Å². The summed E-state index contributed by atoms with van der Waals surface area (Å²) in [6, 6.07) is 6.00. The number of ketones is 1. The first-order chi connectivity index (χ1) is 6.69. The summed E-state index contributed by atoms with van der Waals surface area (Å²) in [5, 5.41) is 0. The number of halogens is 2. The van der Waals surface area contributed by atoms with E-state index in [0.717, 1.165) is 5.56 Å². The lowest BCUT2D eigenvalue weighted by atomic mass is 10.1. The van der Waals surface area contributed by atoms with Crippen molar-refractivity contribution < 1.29 is 4.79 Å². The molecule has 0 spiro atoms. The van der Waals surface area contributed by atoms with Crippen molar-refractivity contribution in [3.8, 4) is 0 Å². The van der Waals surface area contributed by atoms with E-state index in [0.29, 0.717) is 6.42 Å². The van der Waals surface area contributed by atoms with E-state index in [1.165, 1.54) is 8.47 Å². The van der Waals surface area contributed by atoms with Gasteiger partial charge in [0.2, 0.25) is 0 Å². The zero-order valence-corrected chi connectivity index (χ0v) is 11.4. The number of Topliss-reactive ketones (excluding diaryl/α,β-unsaturated/α-hetero) is 1. The molecular weight excluding hydrogens is 331 g/mol. The molecule has 0 aliphatic carbocycles. The molecule has 0 unspecified atom stereocenters. The molecule has 1 aromatic rings. The molecule has 0 aromatic heterocycles. The number of hydrogen-bond acceptors (Lipinski definition) is 2. The van der Waals surface area contributed by atoms with E-state index in [1.54, 1.807) is 11.8 Å². The average molecular weight is 341 g/mol. The highest BCUT2D eigenvalue weighted by atomic mass is 127. The van der Waals surface area contributed by atoms with Crippen molar-refractivity contribution in [1.29, 1.82) is 0 Å².